The van der Waals surface area contributed by atoms with Gasteiger partial charge in [0.2, 0.25) is 0 Å². The van der Waals surface area contributed by atoms with Crippen LogP contribution in [0.25, 0.3) is 0 Å². The van der Waals surface area contributed by atoms with Crippen molar-refractivity contribution in [2.75, 3.05) is 7.11 Å². The van der Waals surface area contributed by atoms with Gasteiger partial charge in [-0.15, -0.1) is 11.3 Å². The average molecular weight is 328 g/mol. The van der Waals surface area contributed by atoms with Crippen LogP contribution in [0.5, 0.6) is 0 Å². The summed E-state index contributed by atoms with van der Waals surface area (Å²) in [6, 6.07) is -0.322. The third-order valence-corrected chi connectivity index (χ3v) is 3.85. The molecular formula is C15H24N2O4S. The second kappa shape index (κ2) is 7.09. The van der Waals surface area contributed by atoms with Gasteiger partial charge in [-0.25, -0.2) is 14.6 Å². The minimum absolute atomic E-state index is 0.101. The molecule has 0 aliphatic heterocycles. The van der Waals surface area contributed by atoms with E-state index >= 15 is 0 Å². The van der Waals surface area contributed by atoms with Gasteiger partial charge in [0, 0.05) is 4.88 Å². The van der Waals surface area contributed by atoms with Gasteiger partial charge in [0.25, 0.3) is 0 Å². The fraction of sp³-hybridized carbons (Fsp3) is 0.667. The van der Waals surface area contributed by atoms with Gasteiger partial charge >= 0.3 is 12.1 Å². The molecule has 1 N–H and O–H groups in total. The number of methoxy groups -OCH3 is 1. The Bertz CT molecular complexity index is 546. The molecule has 22 heavy (non-hydrogen) atoms. The summed E-state index contributed by atoms with van der Waals surface area (Å²) < 4.78 is 9.99. The molecule has 1 aromatic rings. The smallest absolute Gasteiger partial charge is 0.408 e. The standard InChI is InChI=1S/C15H24N2O4S/c1-8(2)10(17-14(19)21-15(4,5)6)12-16-11(9(3)22-12)13(18)20-7/h8,10H,1-7H3,(H,17,19)/t10-/m0/s1. The van der Waals surface area contributed by atoms with Crippen LogP contribution in [-0.4, -0.2) is 29.8 Å². The van der Waals surface area contributed by atoms with Crippen molar-refractivity contribution in [2.45, 2.75) is 53.2 Å². The molecule has 0 bridgehead atoms. The number of rotatable bonds is 4. The minimum Gasteiger partial charge on any atom is -0.464 e. The lowest BCUT2D eigenvalue weighted by Crippen LogP contribution is -2.36. The maximum absolute atomic E-state index is 12.0. The van der Waals surface area contributed by atoms with Crippen LogP contribution < -0.4 is 5.32 Å². The SMILES string of the molecule is COC(=O)c1nc([C@@H](NC(=O)OC(C)(C)C)C(C)C)sc1C. The molecule has 7 heteroatoms. The van der Waals surface area contributed by atoms with Crippen molar-refractivity contribution in [2.24, 2.45) is 5.92 Å². The normalized spacial score (nSPS) is 12.9. The molecule has 1 amide bonds. The Labute approximate surface area is 135 Å². The highest BCUT2D eigenvalue weighted by Crippen LogP contribution is 2.29. The first kappa shape index (κ1) is 18.4. The first-order valence-corrected chi connectivity index (χ1v) is 7.92. The lowest BCUT2D eigenvalue weighted by atomic mass is 10.1. The van der Waals surface area contributed by atoms with E-state index in [1.165, 1.54) is 18.4 Å². The van der Waals surface area contributed by atoms with Crippen LogP contribution in [0.1, 0.15) is 61.0 Å². The summed E-state index contributed by atoms with van der Waals surface area (Å²) in [5, 5.41) is 3.49. The highest BCUT2D eigenvalue weighted by atomic mass is 32.1. The first-order valence-electron chi connectivity index (χ1n) is 7.10. The molecular weight excluding hydrogens is 304 g/mol. The molecule has 0 saturated heterocycles. The van der Waals surface area contributed by atoms with Crippen molar-refractivity contribution in [3.63, 3.8) is 0 Å². The van der Waals surface area contributed by atoms with Gasteiger partial charge in [-0.2, -0.15) is 0 Å². The zero-order valence-corrected chi connectivity index (χ0v) is 15.0. The highest BCUT2D eigenvalue weighted by Gasteiger charge is 2.27. The number of amides is 1. The van der Waals surface area contributed by atoms with Gasteiger partial charge in [0.15, 0.2) is 5.69 Å². The van der Waals surface area contributed by atoms with Crippen molar-refractivity contribution in [3.8, 4) is 0 Å². The average Bonchev–Trinajstić information content (AvgIpc) is 2.74. The van der Waals surface area contributed by atoms with Crippen LogP contribution in [-0.2, 0) is 9.47 Å². The maximum atomic E-state index is 12.0. The van der Waals surface area contributed by atoms with E-state index in [9.17, 15) is 9.59 Å². The van der Waals surface area contributed by atoms with E-state index in [4.69, 9.17) is 9.47 Å². The van der Waals surface area contributed by atoms with Crippen LogP contribution in [0.3, 0.4) is 0 Å². The van der Waals surface area contributed by atoms with E-state index in [-0.39, 0.29) is 12.0 Å². The fourth-order valence-corrected chi connectivity index (χ4v) is 2.92. The van der Waals surface area contributed by atoms with E-state index < -0.39 is 17.7 Å². The van der Waals surface area contributed by atoms with Crippen LogP contribution >= 0.6 is 11.3 Å². The predicted octanol–water partition coefficient (Wildman–Crippen LogP) is 3.46. The third-order valence-electron chi connectivity index (χ3n) is 2.80. The van der Waals surface area contributed by atoms with Crippen LogP contribution in [0.2, 0.25) is 0 Å². The number of aromatic nitrogens is 1. The molecule has 124 valence electrons. The van der Waals surface area contributed by atoms with E-state index in [0.29, 0.717) is 10.7 Å². The summed E-state index contributed by atoms with van der Waals surface area (Å²) in [6.45, 7) is 11.2. The quantitative estimate of drug-likeness (QED) is 0.856. The summed E-state index contributed by atoms with van der Waals surface area (Å²) in [6.07, 6.45) is -0.501. The number of esters is 1. The lowest BCUT2D eigenvalue weighted by molar-refractivity contribution is 0.0489. The number of nitrogens with zero attached hydrogens (tertiary/aromatic N) is 1. The van der Waals surface area contributed by atoms with Gasteiger partial charge < -0.3 is 14.8 Å². The van der Waals surface area contributed by atoms with Gasteiger partial charge in [0.1, 0.15) is 10.6 Å². The van der Waals surface area contributed by atoms with Crippen molar-refractivity contribution in [1.82, 2.24) is 10.3 Å². The van der Waals surface area contributed by atoms with Crippen molar-refractivity contribution < 1.29 is 19.1 Å². The molecule has 0 aromatic carbocycles. The number of aryl methyl sites for hydroxylation is 1. The number of alkyl carbamates (subject to hydrolysis) is 1. The topological polar surface area (TPSA) is 77.5 Å². The molecule has 0 aliphatic carbocycles. The number of carbonyl (C=O) groups excluding carboxylic acids is 2. The molecule has 1 rings (SSSR count). The van der Waals surface area contributed by atoms with Gasteiger partial charge in [-0.3, -0.25) is 0 Å². The van der Waals surface area contributed by atoms with Gasteiger partial charge in [0.05, 0.1) is 13.2 Å². The zero-order chi connectivity index (χ0) is 17.1. The Hall–Kier alpha value is -1.63. The summed E-state index contributed by atoms with van der Waals surface area (Å²) in [4.78, 5) is 28.7. The Balaban J connectivity index is 2.97. The molecule has 0 radical (unpaired) electrons. The largest absolute Gasteiger partial charge is 0.464 e. The van der Waals surface area contributed by atoms with Crippen molar-refractivity contribution in [1.29, 1.82) is 0 Å². The van der Waals surface area contributed by atoms with E-state index in [1.807, 2.05) is 13.8 Å². The zero-order valence-electron chi connectivity index (χ0n) is 14.1. The molecule has 0 unspecified atom stereocenters. The Morgan fingerprint density at radius 2 is 1.86 bits per heavy atom. The summed E-state index contributed by atoms with van der Waals surface area (Å²) >= 11 is 1.37. The number of ether oxygens (including phenoxy) is 2. The maximum Gasteiger partial charge on any atom is 0.408 e. The predicted molar refractivity (Wildman–Crippen MR) is 85.1 cm³/mol. The molecule has 0 spiro atoms. The lowest BCUT2D eigenvalue weighted by Gasteiger charge is -2.24. The fourth-order valence-electron chi connectivity index (χ4n) is 1.78. The summed E-state index contributed by atoms with van der Waals surface area (Å²) in [7, 11) is 1.32. The van der Waals surface area contributed by atoms with E-state index in [1.54, 1.807) is 27.7 Å². The summed E-state index contributed by atoms with van der Waals surface area (Å²) in [5.41, 5.74) is -0.277. The summed E-state index contributed by atoms with van der Waals surface area (Å²) in [5.74, 6) is -0.372. The van der Waals surface area contributed by atoms with Crippen LogP contribution in [0.4, 0.5) is 4.79 Å². The molecule has 6 nitrogen and oxygen atoms in total. The van der Waals surface area contributed by atoms with Crippen molar-refractivity contribution in [3.05, 3.63) is 15.6 Å². The molecule has 0 saturated carbocycles. The minimum atomic E-state index is -0.568. The Morgan fingerprint density at radius 1 is 1.27 bits per heavy atom. The van der Waals surface area contributed by atoms with Gasteiger partial charge in [-0.1, -0.05) is 13.8 Å². The van der Waals surface area contributed by atoms with Crippen LogP contribution in [0, 0.1) is 12.8 Å². The Kier molecular flexibility index (Phi) is 5.93. The van der Waals surface area contributed by atoms with Gasteiger partial charge in [-0.05, 0) is 33.6 Å². The molecule has 0 aliphatic rings. The second-order valence-electron chi connectivity index (χ2n) is 6.32. The number of hydrogen-bond acceptors (Lipinski definition) is 6. The molecule has 1 heterocycles. The molecule has 1 aromatic heterocycles. The van der Waals surface area contributed by atoms with E-state index in [0.717, 1.165) is 4.88 Å². The van der Waals surface area contributed by atoms with Crippen molar-refractivity contribution >= 4 is 23.4 Å². The first-order chi connectivity index (χ1) is 10.0. The number of thiazole rings is 1. The Morgan fingerprint density at radius 3 is 2.32 bits per heavy atom. The monoisotopic (exact) mass is 328 g/mol. The number of nitrogens with one attached hydrogen (secondary N) is 1. The molecule has 0 fully saturated rings. The van der Waals surface area contributed by atoms with Crippen LogP contribution in [0.15, 0.2) is 0 Å². The molecule has 1 atom stereocenters. The van der Waals surface area contributed by atoms with E-state index in [2.05, 4.69) is 10.3 Å². The highest BCUT2D eigenvalue weighted by molar-refractivity contribution is 7.12. The number of carbonyl (C=O) groups is 2. The third kappa shape index (κ3) is 4.98. The number of hydrogen-bond donors (Lipinski definition) is 1. The second-order valence-corrected chi connectivity index (χ2v) is 7.55.